The first kappa shape index (κ1) is 25.0. The lowest BCUT2D eigenvalue weighted by molar-refractivity contribution is 0.0689. The number of aromatic carboxylic acids is 1. The highest BCUT2D eigenvalue weighted by atomic mass is 19.1. The molecule has 2 aromatic carbocycles. The Morgan fingerprint density at radius 2 is 1.78 bits per heavy atom. The van der Waals surface area contributed by atoms with E-state index in [1.165, 1.54) is 60.9 Å². The maximum absolute atomic E-state index is 14.7. The molecule has 0 bridgehead atoms. The lowest BCUT2D eigenvalue weighted by atomic mass is 10.2. The third kappa shape index (κ3) is 5.61. The molecule has 4 aromatic rings. The summed E-state index contributed by atoms with van der Waals surface area (Å²) in [6.07, 6.45) is 2.61. The van der Waals surface area contributed by atoms with Crippen molar-refractivity contribution in [2.24, 2.45) is 0 Å². The van der Waals surface area contributed by atoms with E-state index in [2.05, 4.69) is 10.3 Å². The number of anilines is 1. The Morgan fingerprint density at radius 3 is 2.46 bits per heavy atom. The Morgan fingerprint density at radius 1 is 1.03 bits per heavy atom. The van der Waals surface area contributed by atoms with E-state index in [1.807, 2.05) is 0 Å². The Kier molecular flexibility index (Phi) is 7.23. The van der Waals surface area contributed by atoms with E-state index in [9.17, 15) is 23.2 Å². The fourth-order valence-corrected chi connectivity index (χ4v) is 3.38. The van der Waals surface area contributed by atoms with Crippen LogP contribution in [-0.2, 0) is 0 Å². The predicted molar refractivity (Wildman–Crippen MR) is 129 cm³/mol. The summed E-state index contributed by atoms with van der Waals surface area (Å²) in [4.78, 5) is 41.0. The molecule has 2 aromatic heterocycles. The SMILES string of the molecule is CCOc1ccn(-c2ccc(F)cc2)c(=O)c1C(=O)Nc1ccc(Oc2ccnc(C(=O)O)c2)c(F)c1. The maximum atomic E-state index is 14.7. The molecule has 0 aliphatic carbocycles. The summed E-state index contributed by atoms with van der Waals surface area (Å²) in [6, 6.07) is 12.6. The molecule has 0 fully saturated rings. The first-order valence-electron chi connectivity index (χ1n) is 10.9. The van der Waals surface area contributed by atoms with Gasteiger partial charge in [0, 0.05) is 35.9 Å². The lowest BCUT2D eigenvalue weighted by Crippen LogP contribution is -2.29. The Labute approximate surface area is 208 Å². The van der Waals surface area contributed by atoms with Gasteiger partial charge >= 0.3 is 5.97 Å². The summed E-state index contributed by atoms with van der Waals surface area (Å²) < 4.78 is 40.0. The van der Waals surface area contributed by atoms with Gasteiger partial charge in [-0.25, -0.2) is 18.6 Å². The third-order valence-electron chi connectivity index (χ3n) is 5.05. The van der Waals surface area contributed by atoms with E-state index < -0.39 is 29.1 Å². The van der Waals surface area contributed by atoms with Crippen LogP contribution < -0.4 is 20.3 Å². The fraction of sp³-hybridized carbons (Fsp3) is 0.0769. The number of pyridine rings is 2. The van der Waals surface area contributed by atoms with Gasteiger partial charge in [-0.3, -0.25) is 14.2 Å². The van der Waals surface area contributed by atoms with Crippen LogP contribution in [0.1, 0.15) is 27.8 Å². The number of nitrogens with one attached hydrogen (secondary N) is 1. The largest absolute Gasteiger partial charge is 0.493 e. The molecule has 188 valence electrons. The number of benzene rings is 2. The van der Waals surface area contributed by atoms with Crippen LogP contribution in [0.2, 0.25) is 0 Å². The lowest BCUT2D eigenvalue weighted by Gasteiger charge is -2.14. The first-order valence-corrected chi connectivity index (χ1v) is 10.9. The number of nitrogens with zero attached hydrogens (tertiary/aromatic N) is 2. The Hall–Kier alpha value is -5.06. The summed E-state index contributed by atoms with van der Waals surface area (Å²) in [5.74, 6) is -3.61. The van der Waals surface area contributed by atoms with Crippen molar-refractivity contribution >= 4 is 17.6 Å². The average molecular weight is 507 g/mol. The van der Waals surface area contributed by atoms with Gasteiger partial charge in [0.15, 0.2) is 17.3 Å². The highest BCUT2D eigenvalue weighted by Gasteiger charge is 2.21. The normalized spacial score (nSPS) is 10.6. The van der Waals surface area contributed by atoms with Crippen LogP contribution in [0.4, 0.5) is 14.5 Å². The number of hydrogen-bond acceptors (Lipinski definition) is 6. The number of aromatic nitrogens is 2. The molecule has 1 amide bonds. The molecule has 0 saturated heterocycles. The molecule has 0 saturated carbocycles. The minimum absolute atomic E-state index is 0.0230. The van der Waals surface area contributed by atoms with E-state index in [0.717, 1.165) is 16.7 Å². The van der Waals surface area contributed by atoms with E-state index >= 15 is 0 Å². The molecule has 37 heavy (non-hydrogen) atoms. The molecule has 2 N–H and O–H groups in total. The molecule has 0 unspecified atom stereocenters. The first-order chi connectivity index (χ1) is 17.8. The van der Waals surface area contributed by atoms with Crippen molar-refractivity contribution in [2.75, 3.05) is 11.9 Å². The molecular formula is C26H19F2N3O6. The third-order valence-corrected chi connectivity index (χ3v) is 5.05. The van der Waals surface area contributed by atoms with Gasteiger partial charge in [0.05, 0.1) is 6.61 Å². The van der Waals surface area contributed by atoms with Gasteiger partial charge in [0.25, 0.3) is 11.5 Å². The van der Waals surface area contributed by atoms with Crippen LogP contribution in [0.5, 0.6) is 17.2 Å². The Bertz CT molecular complexity index is 1540. The van der Waals surface area contributed by atoms with E-state index in [1.54, 1.807) is 6.92 Å². The molecular weight excluding hydrogens is 488 g/mol. The van der Waals surface area contributed by atoms with Gasteiger partial charge in [0.2, 0.25) is 0 Å². The predicted octanol–water partition coefficient (Wildman–Crippen LogP) is 4.65. The number of carbonyl (C=O) groups is 2. The number of carboxylic acid groups (broad SMARTS) is 1. The molecule has 9 nitrogen and oxygen atoms in total. The topological polar surface area (TPSA) is 120 Å². The van der Waals surface area contributed by atoms with Gasteiger partial charge in [-0.05, 0) is 55.5 Å². The zero-order chi connectivity index (χ0) is 26.5. The second-order valence-corrected chi connectivity index (χ2v) is 7.52. The van der Waals surface area contributed by atoms with E-state index in [4.69, 9.17) is 14.6 Å². The van der Waals surface area contributed by atoms with Crippen molar-refractivity contribution in [1.82, 2.24) is 9.55 Å². The maximum Gasteiger partial charge on any atom is 0.354 e. The summed E-state index contributed by atoms with van der Waals surface area (Å²) in [7, 11) is 0. The van der Waals surface area contributed by atoms with Crippen molar-refractivity contribution < 1.29 is 33.0 Å². The monoisotopic (exact) mass is 507 g/mol. The second kappa shape index (κ2) is 10.7. The van der Waals surface area contributed by atoms with E-state index in [0.29, 0.717) is 5.69 Å². The highest BCUT2D eigenvalue weighted by molar-refractivity contribution is 6.06. The van der Waals surface area contributed by atoms with Gasteiger partial charge in [0.1, 0.15) is 22.9 Å². The quantitative estimate of drug-likeness (QED) is 0.356. The Balaban J connectivity index is 1.61. The van der Waals surface area contributed by atoms with Crippen molar-refractivity contribution in [2.45, 2.75) is 6.92 Å². The number of carboxylic acids is 1. The van der Waals surface area contributed by atoms with Crippen LogP contribution in [0.15, 0.2) is 77.9 Å². The standard InChI is InChI=1S/C26H19F2N3O6/c1-2-36-22-10-12-31(17-6-3-15(27)4-7-17)25(33)23(22)24(32)30-16-5-8-21(19(28)13-16)37-18-9-11-29-20(14-18)26(34)35/h3-14H,2H2,1H3,(H,30,32)(H,34,35). The molecule has 0 spiro atoms. The molecule has 0 radical (unpaired) electrons. The van der Waals surface area contributed by atoms with Crippen molar-refractivity contribution in [3.8, 4) is 22.9 Å². The van der Waals surface area contributed by atoms with Crippen LogP contribution in [-0.4, -0.2) is 33.1 Å². The van der Waals surface area contributed by atoms with Gasteiger partial charge in [-0.2, -0.15) is 0 Å². The number of ether oxygens (including phenoxy) is 2. The number of halogens is 2. The van der Waals surface area contributed by atoms with Crippen LogP contribution in [0.25, 0.3) is 5.69 Å². The van der Waals surface area contributed by atoms with Gasteiger partial charge in [-0.1, -0.05) is 0 Å². The van der Waals surface area contributed by atoms with Crippen molar-refractivity contribution in [3.05, 3.63) is 106 Å². The zero-order valence-electron chi connectivity index (χ0n) is 19.3. The molecule has 0 aliphatic heterocycles. The van der Waals surface area contributed by atoms with Crippen molar-refractivity contribution in [3.63, 3.8) is 0 Å². The minimum Gasteiger partial charge on any atom is -0.493 e. The number of hydrogen-bond donors (Lipinski definition) is 2. The van der Waals surface area contributed by atoms with Crippen molar-refractivity contribution in [1.29, 1.82) is 0 Å². The number of carbonyl (C=O) groups excluding carboxylic acids is 1. The number of amides is 1. The fourth-order valence-electron chi connectivity index (χ4n) is 3.38. The molecule has 4 rings (SSSR count). The minimum atomic E-state index is -1.27. The van der Waals surface area contributed by atoms with Crippen LogP contribution in [0, 0.1) is 11.6 Å². The van der Waals surface area contributed by atoms with Crippen LogP contribution >= 0.6 is 0 Å². The summed E-state index contributed by atoms with van der Waals surface area (Å²) in [5, 5.41) is 11.5. The zero-order valence-corrected chi connectivity index (χ0v) is 19.3. The summed E-state index contributed by atoms with van der Waals surface area (Å²) in [6.45, 7) is 1.86. The molecule has 0 atom stereocenters. The van der Waals surface area contributed by atoms with E-state index in [-0.39, 0.29) is 40.8 Å². The summed E-state index contributed by atoms with van der Waals surface area (Å²) >= 11 is 0. The molecule has 11 heteroatoms. The smallest absolute Gasteiger partial charge is 0.354 e. The summed E-state index contributed by atoms with van der Waals surface area (Å²) in [5.41, 5.74) is -0.969. The molecule has 2 heterocycles. The van der Waals surface area contributed by atoms with Gasteiger partial charge < -0.3 is 19.9 Å². The number of rotatable bonds is 8. The van der Waals surface area contributed by atoms with Crippen LogP contribution in [0.3, 0.4) is 0 Å². The average Bonchev–Trinajstić information content (AvgIpc) is 2.87. The second-order valence-electron chi connectivity index (χ2n) is 7.52. The molecule has 0 aliphatic rings. The van der Waals surface area contributed by atoms with Gasteiger partial charge in [-0.15, -0.1) is 0 Å². The highest BCUT2D eigenvalue weighted by Crippen LogP contribution is 2.27.